The van der Waals surface area contributed by atoms with E-state index in [9.17, 15) is 23.4 Å². The molecule has 0 saturated heterocycles. The molecule has 0 aromatic heterocycles. The molecule has 0 unspecified atom stereocenters. The van der Waals surface area contributed by atoms with Crippen molar-refractivity contribution >= 4 is 0 Å². The fraction of sp³-hybridized carbons (Fsp3) is 1.00. The molecule has 0 radical (unpaired) electrons. The highest BCUT2D eigenvalue weighted by Crippen LogP contribution is 2.69. The summed E-state index contributed by atoms with van der Waals surface area (Å²) in [6.45, 7) is 10.4. The second-order valence-corrected chi connectivity index (χ2v) is 13.6. The van der Waals surface area contributed by atoms with Crippen molar-refractivity contribution in [1.82, 2.24) is 0 Å². The predicted octanol–water partition coefficient (Wildman–Crippen LogP) is 7.76. The highest BCUT2D eigenvalue weighted by atomic mass is 19.4. The van der Waals surface area contributed by atoms with Gasteiger partial charge in [0, 0.05) is 0 Å². The monoisotopic (exact) mass is 486 g/mol. The van der Waals surface area contributed by atoms with E-state index in [1.165, 1.54) is 39.0 Å². The van der Waals surface area contributed by atoms with Crippen LogP contribution in [0.5, 0.6) is 0 Å². The van der Waals surface area contributed by atoms with Crippen LogP contribution in [0, 0.1) is 52.3 Å². The van der Waals surface area contributed by atoms with Gasteiger partial charge in [-0.15, -0.1) is 0 Å². The molecule has 4 aliphatic carbocycles. The van der Waals surface area contributed by atoms with Crippen molar-refractivity contribution in [3.05, 3.63) is 0 Å². The van der Waals surface area contributed by atoms with Crippen LogP contribution in [0.4, 0.5) is 13.2 Å². The first kappa shape index (κ1) is 26.8. The number of aliphatic hydroxyl groups excluding tert-OH is 1. The third kappa shape index (κ3) is 4.48. The average Bonchev–Trinajstić information content (AvgIpc) is 3.13. The number of fused-ring (bicyclic) bond motifs is 5. The minimum atomic E-state index is -4.17. The summed E-state index contributed by atoms with van der Waals surface area (Å²) < 4.78 is 38.9. The number of hydrogen-bond acceptors (Lipinski definition) is 2. The van der Waals surface area contributed by atoms with Crippen LogP contribution >= 0.6 is 0 Å². The molecule has 34 heavy (non-hydrogen) atoms. The summed E-state index contributed by atoms with van der Waals surface area (Å²) in [7, 11) is 0. The van der Waals surface area contributed by atoms with E-state index in [0.29, 0.717) is 23.2 Å². The van der Waals surface area contributed by atoms with Crippen LogP contribution in [0.1, 0.15) is 112 Å². The molecule has 0 spiro atoms. The standard InChI is InChI=1S/C29H49F3O2/c1-6-28(34)16-15-26(4)20(17-28)8-9-21-23-11-10-22(27(23,5)14-13-24(21)26)19(3)25(33)12-7-18(2)29(30,31)32/h18-25,33-34H,6-17H2,1-5H3/t18-,19+,20-,21+,22-,23+,24+,25-,26+,27-,28-/m1/s1. The maximum absolute atomic E-state index is 13.0. The SMILES string of the molecule is CC[C@@]1(O)CC[C@@]2(C)[C@H](CC[C@@H]3[C@@H]2CC[C@]2(C)[C@@H]([C@H](C)[C@H](O)CC[C@@H](C)C(F)(F)F)CC[C@@H]32)C1. The van der Waals surface area contributed by atoms with E-state index in [2.05, 4.69) is 27.7 Å². The Labute approximate surface area is 205 Å². The molecule has 2 N–H and O–H groups in total. The van der Waals surface area contributed by atoms with E-state index in [0.717, 1.165) is 43.9 Å². The van der Waals surface area contributed by atoms with Gasteiger partial charge in [-0.2, -0.15) is 13.2 Å². The molecule has 4 fully saturated rings. The number of rotatable bonds is 6. The minimum absolute atomic E-state index is 0.0103. The van der Waals surface area contributed by atoms with E-state index in [-0.39, 0.29) is 24.2 Å². The molecule has 4 saturated carbocycles. The first-order valence-corrected chi connectivity index (χ1v) is 14.2. The summed E-state index contributed by atoms with van der Waals surface area (Å²) in [5, 5.41) is 21.9. The quantitative estimate of drug-likeness (QED) is 0.403. The Hall–Kier alpha value is -0.290. The van der Waals surface area contributed by atoms with Gasteiger partial charge in [0.1, 0.15) is 0 Å². The van der Waals surface area contributed by atoms with Crippen molar-refractivity contribution in [2.45, 2.75) is 130 Å². The average molecular weight is 487 g/mol. The van der Waals surface area contributed by atoms with Crippen molar-refractivity contribution in [3.63, 3.8) is 0 Å². The number of alkyl halides is 3. The van der Waals surface area contributed by atoms with Gasteiger partial charge in [0.15, 0.2) is 0 Å². The van der Waals surface area contributed by atoms with Gasteiger partial charge in [-0.25, -0.2) is 0 Å². The van der Waals surface area contributed by atoms with Gasteiger partial charge in [-0.1, -0.05) is 34.6 Å². The van der Waals surface area contributed by atoms with Gasteiger partial charge in [-0.05, 0) is 123 Å². The van der Waals surface area contributed by atoms with Gasteiger partial charge in [0.2, 0.25) is 0 Å². The molecule has 4 aliphatic rings. The summed E-state index contributed by atoms with van der Waals surface area (Å²) in [5.74, 6) is 1.86. The maximum atomic E-state index is 13.0. The fourth-order valence-electron chi connectivity index (χ4n) is 9.66. The van der Waals surface area contributed by atoms with Crippen LogP contribution in [0.25, 0.3) is 0 Å². The molecule has 5 heteroatoms. The van der Waals surface area contributed by atoms with Crippen LogP contribution in [-0.2, 0) is 0 Å². The van der Waals surface area contributed by atoms with Crippen LogP contribution in [0.15, 0.2) is 0 Å². The van der Waals surface area contributed by atoms with Crippen LogP contribution < -0.4 is 0 Å². The Morgan fingerprint density at radius 1 is 0.882 bits per heavy atom. The Kier molecular flexibility index (Phi) is 7.26. The van der Waals surface area contributed by atoms with Gasteiger partial charge in [0.05, 0.1) is 17.6 Å². The largest absolute Gasteiger partial charge is 0.393 e. The molecule has 198 valence electrons. The van der Waals surface area contributed by atoms with Crippen LogP contribution in [-0.4, -0.2) is 28.1 Å². The molecular weight excluding hydrogens is 437 g/mol. The first-order chi connectivity index (χ1) is 15.7. The molecule has 4 rings (SSSR count). The molecule has 0 aromatic carbocycles. The number of hydrogen-bond donors (Lipinski definition) is 2. The third-order valence-corrected chi connectivity index (χ3v) is 12.2. The van der Waals surface area contributed by atoms with Crippen molar-refractivity contribution in [3.8, 4) is 0 Å². The topological polar surface area (TPSA) is 40.5 Å². The van der Waals surface area contributed by atoms with Crippen molar-refractivity contribution in [2.75, 3.05) is 0 Å². The summed E-state index contributed by atoms with van der Waals surface area (Å²) in [4.78, 5) is 0. The third-order valence-electron chi connectivity index (χ3n) is 12.2. The summed E-state index contributed by atoms with van der Waals surface area (Å²) in [6, 6.07) is 0. The predicted molar refractivity (Wildman–Crippen MR) is 130 cm³/mol. The van der Waals surface area contributed by atoms with E-state index < -0.39 is 23.8 Å². The summed E-state index contributed by atoms with van der Waals surface area (Å²) in [5.41, 5.74) is 0.0651. The lowest BCUT2D eigenvalue weighted by Gasteiger charge is -2.62. The number of aliphatic hydroxyl groups is 2. The zero-order valence-electron chi connectivity index (χ0n) is 22.1. The van der Waals surface area contributed by atoms with Gasteiger partial charge in [-0.3, -0.25) is 0 Å². The lowest BCUT2D eigenvalue weighted by molar-refractivity contribution is -0.173. The zero-order chi connectivity index (χ0) is 25.1. The Morgan fingerprint density at radius 3 is 2.21 bits per heavy atom. The first-order valence-electron chi connectivity index (χ1n) is 14.2. The lowest BCUT2D eigenvalue weighted by atomic mass is 9.43. The summed E-state index contributed by atoms with van der Waals surface area (Å²) in [6.07, 6.45) is 6.54. The normalized spacial score (nSPS) is 47.3. The highest BCUT2D eigenvalue weighted by molar-refractivity contribution is 5.11. The molecule has 2 nitrogen and oxygen atoms in total. The zero-order valence-corrected chi connectivity index (χ0v) is 22.1. The molecule has 11 atom stereocenters. The Bertz CT molecular complexity index is 725. The highest BCUT2D eigenvalue weighted by Gasteiger charge is 2.61. The Balaban J connectivity index is 1.44. The molecule has 0 heterocycles. The van der Waals surface area contributed by atoms with E-state index in [4.69, 9.17) is 0 Å². The van der Waals surface area contributed by atoms with Crippen molar-refractivity contribution < 1.29 is 23.4 Å². The van der Waals surface area contributed by atoms with Crippen LogP contribution in [0.3, 0.4) is 0 Å². The van der Waals surface area contributed by atoms with E-state index in [1.807, 2.05) is 0 Å². The molecule has 0 aliphatic heterocycles. The van der Waals surface area contributed by atoms with Crippen LogP contribution in [0.2, 0.25) is 0 Å². The second kappa shape index (κ2) is 9.23. The smallest absolute Gasteiger partial charge is 0.391 e. The molecule has 0 aromatic rings. The minimum Gasteiger partial charge on any atom is -0.393 e. The van der Waals surface area contributed by atoms with Crippen molar-refractivity contribution in [2.24, 2.45) is 52.3 Å². The molecular formula is C29H49F3O2. The van der Waals surface area contributed by atoms with E-state index >= 15 is 0 Å². The number of halogens is 3. The van der Waals surface area contributed by atoms with Crippen molar-refractivity contribution in [1.29, 1.82) is 0 Å². The van der Waals surface area contributed by atoms with Gasteiger partial charge < -0.3 is 10.2 Å². The molecule has 0 amide bonds. The second-order valence-electron chi connectivity index (χ2n) is 13.6. The van der Waals surface area contributed by atoms with Gasteiger partial charge >= 0.3 is 6.18 Å². The van der Waals surface area contributed by atoms with E-state index in [1.54, 1.807) is 0 Å². The maximum Gasteiger partial charge on any atom is 0.391 e. The summed E-state index contributed by atoms with van der Waals surface area (Å²) >= 11 is 0. The molecule has 0 bridgehead atoms. The Morgan fingerprint density at radius 2 is 1.56 bits per heavy atom. The fourth-order valence-corrected chi connectivity index (χ4v) is 9.66. The van der Waals surface area contributed by atoms with Gasteiger partial charge in [0.25, 0.3) is 0 Å². The lowest BCUT2D eigenvalue weighted by Crippen LogP contribution is -2.56.